The van der Waals surface area contributed by atoms with Crippen molar-refractivity contribution in [1.82, 2.24) is 4.90 Å². The fraction of sp³-hybridized carbons (Fsp3) is 0.333. The first kappa shape index (κ1) is 19.9. The zero-order valence-corrected chi connectivity index (χ0v) is 16.5. The molecule has 1 N–H and O–H groups in total. The fourth-order valence-corrected chi connectivity index (χ4v) is 3.67. The van der Waals surface area contributed by atoms with Crippen LogP contribution in [0.25, 0.3) is 5.76 Å². The summed E-state index contributed by atoms with van der Waals surface area (Å²) in [5.74, 6) is -1.25. The Morgan fingerprint density at radius 2 is 1.64 bits per heavy atom. The van der Waals surface area contributed by atoms with Crippen LogP contribution < -0.4 is 0 Å². The largest absolute Gasteiger partial charge is 0.507 e. The molecule has 1 heterocycles. The lowest BCUT2D eigenvalue weighted by Gasteiger charge is -2.25. The Hall–Kier alpha value is -2.88. The molecule has 4 heteroatoms. The van der Waals surface area contributed by atoms with Gasteiger partial charge in [-0.25, -0.2) is 0 Å². The van der Waals surface area contributed by atoms with E-state index < -0.39 is 17.7 Å². The van der Waals surface area contributed by atoms with Gasteiger partial charge in [0.25, 0.3) is 11.7 Å². The second-order valence-electron chi connectivity index (χ2n) is 7.33. The fourth-order valence-electron chi connectivity index (χ4n) is 3.67. The van der Waals surface area contributed by atoms with Crippen LogP contribution in [0.15, 0.2) is 60.2 Å². The van der Waals surface area contributed by atoms with Gasteiger partial charge in [0.2, 0.25) is 0 Å². The highest BCUT2D eigenvalue weighted by molar-refractivity contribution is 6.46. The maximum Gasteiger partial charge on any atom is 0.295 e. The third-order valence-corrected chi connectivity index (χ3v) is 5.23. The standard InChI is InChI=1S/C24H27NO3/c1-3-4-5-9-16-25-21(18-14-12-17(2)13-15-18)20(23(27)24(25)28)22(26)19-10-7-6-8-11-19/h6-8,10-15,21,26H,3-5,9,16H2,1-2H3/b22-20+/t21-/m1/s1. The number of aliphatic hydroxyl groups is 1. The summed E-state index contributed by atoms with van der Waals surface area (Å²) in [4.78, 5) is 27.3. The summed E-state index contributed by atoms with van der Waals surface area (Å²) in [5.41, 5.74) is 2.67. The number of nitrogens with zero attached hydrogens (tertiary/aromatic N) is 1. The Morgan fingerprint density at radius 3 is 2.29 bits per heavy atom. The van der Waals surface area contributed by atoms with Gasteiger partial charge in [0.1, 0.15) is 5.76 Å². The maximum atomic E-state index is 12.9. The van der Waals surface area contributed by atoms with E-state index in [1.54, 1.807) is 29.2 Å². The molecular formula is C24H27NO3. The molecule has 1 fully saturated rings. The molecule has 0 unspecified atom stereocenters. The number of Topliss-reactive ketones (excluding diaryl/α,β-unsaturated/α-hetero) is 1. The Kier molecular flexibility index (Phi) is 6.30. The van der Waals surface area contributed by atoms with Gasteiger partial charge in [-0.05, 0) is 18.9 Å². The molecule has 1 aliphatic rings. The van der Waals surface area contributed by atoms with Gasteiger partial charge in [0.15, 0.2) is 0 Å². The lowest BCUT2D eigenvalue weighted by molar-refractivity contribution is -0.139. The molecule has 0 aromatic heterocycles. The topological polar surface area (TPSA) is 57.6 Å². The minimum atomic E-state index is -0.609. The Morgan fingerprint density at radius 1 is 0.964 bits per heavy atom. The van der Waals surface area contributed by atoms with Gasteiger partial charge in [-0.15, -0.1) is 0 Å². The molecule has 1 aliphatic heterocycles. The number of benzene rings is 2. The Bertz CT molecular complexity index is 868. The zero-order chi connectivity index (χ0) is 20.1. The molecule has 0 saturated carbocycles. The van der Waals surface area contributed by atoms with Gasteiger partial charge in [-0.3, -0.25) is 9.59 Å². The number of unbranched alkanes of at least 4 members (excludes halogenated alkanes) is 3. The van der Waals surface area contributed by atoms with Gasteiger partial charge in [-0.2, -0.15) is 0 Å². The van der Waals surface area contributed by atoms with E-state index in [1.807, 2.05) is 37.3 Å². The quantitative estimate of drug-likeness (QED) is 0.320. The minimum absolute atomic E-state index is 0.111. The average Bonchev–Trinajstić information content (AvgIpc) is 2.97. The van der Waals surface area contributed by atoms with E-state index in [1.165, 1.54) is 0 Å². The number of rotatable bonds is 7. The normalized spacial score (nSPS) is 18.6. The summed E-state index contributed by atoms with van der Waals surface area (Å²) in [6, 6.07) is 16.2. The van der Waals surface area contributed by atoms with Crippen molar-refractivity contribution < 1.29 is 14.7 Å². The summed E-state index contributed by atoms with van der Waals surface area (Å²) in [7, 11) is 0. The number of amides is 1. The highest BCUT2D eigenvalue weighted by atomic mass is 16.3. The molecule has 1 amide bonds. The second-order valence-corrected chi connectivity index (χ2v) is 7.33. The summed E-state index contributed by atoms with van der Waals surface area (Å²) < 4.78 is 0. The number of aryl methyl sites for hydroxylation is 1. The highest BCUT2D eigenvalue weighted by Crippen LogP contribution is 2.39. The summed E-state index contributed by atoms with van der Waals surface area (Å²) in [6.07, 6.45) is 4.06. The van der Waals surface area contributed by atoms with Crippen LogP contribution in [0.5, 0.6) is 0 Å². The molecule has 28 heavy (non-hydrogen) atoms. The van der Waals surface area contributed by atoms with Crippen molar-refractivity contribution >= 4 is 17.4 Å². The van der Waals surface area contributed by atoms with E-state index in [0.717, 1.165) is 36.8 Å². The number of carbonyl (C=O) groups excluding carboxylic acids is 2. The van der Waals surface area contributed by atoms with E-state index in [0.29, 0.717) is 12.1 Å². The molecule has 0 spiro atoms. The van der Waals surface area contributed by atoms with Crippen LogP contribution in [0.3, 0.4) is 0 Å². The molecule has 2 aromatic rings. The number of ketones is 1. The maximum absolute atomic E-state index is 12.9. The van der Waals surface area contributed by atoms with E-state index in [9.17, 15) is 14.7 Å². The van der Waals surface area contributed by atoms with E-state index in [2.05, 4.69) is 6.92 Å². The van der Waals surface area contributed by atoms with Gasteiger partial charge < -0.3 is 10.0 Å². The third kappa shape index (κ3) is 4.01. The first-order valence-electron chi connectivity index (χ1n) is 9.95. The van der Waals surface area contributed by atoms with Crippen LogP contribution in [0.4, 0.5) is 0 Å². The van der Waals surface area contributed by atoms with Gasteiger partial charge >= 0.3 is 0 Å². The smallest absolute Gasteiger partial charge is 0.295 e. The summed E-state index contributed by atoms with van der Waals surface area (Å²) >= 11 is 0. The first-order valence-corrected chi connectivity index (χ1v) is 9.95. The van der Waals surface area contributed by atoms with Gasteiger partial charge in [-0.1, -0.05) is 86.3 Å². The van der Waals surface area contributed by atoms with Crippen molar-refractivity contribution in [3.63, 3.8) is 0 Å². The van der Waals surface area contributed by atoms with Crippen molar-refractivity contribution in [3.05, 3.63) is 76.9 Å². The number of hydrogen-bond donors (Lipinski definition) is 1. The van der Waals surface area contributed by atoms with Crippen molar-refractivity contribution in [1.29, 1.82) is 0 Å². The van der Waals surface area contributed by atoms with Crippen molar-refractivity contribution in [3.8, 4) is 0 Å². The SMILES string of the molecule is CCCCCCN1C(=O)C(=O)/C(=C(/O)c2ccccc2)[C@H]1c1ccc(C)cc1. The summed E-state index contributed by atoms with van der Waals surface area (Å²) in [5, 5.41) is 10.9. The minimum Gasteiger partial charge on any atom is -0.507 e. The number of likely N-dealkylation sites (tertiary alicyclic amines) is 1. The molecular weight excluding hydrogens is 350 g/mol. The summed E-state index contributed by atoms with van der Waals surface area (Å²) in [6.45, 7) is 4.64. The van der Waals surface area contributed by atoms with Crippen LogP contribution >= 0.6 is 0 Å². The zero-order valence-electron chi connectivity index (χ0n) is 16.5. The molecule has 0 bridgehead atoms. The van der Waals surface area contributed by atoms with E-state index in [4.69, 9.17) is 0 Å². The van der Waals surface area contributed by atoms with Crippen LogP contribution in [0, 0.1) is 6.92 Å². The molecule has 146 valence electrons. The molecule has 2 aromatic carbocycles. The molecule has 4 nitrogen and oxygen atoms in total. The molecule has 1 atom stereocenters. The highest BCUT2D eigenvalue weighted by Gasteiger charge is 2.45. The van der Waals surface area contributed by atoms with Gasteiger partial charge in [0, 0.05) is 12.1 Å². The van der Waals surface area contributed by atoms with Crippen LogP contribution in [0.1, 0.15) is 55.3 Å². The third-order valence-electron chi connectivity index (χ3n) is 5.23. The predicted octanol–water partition coefficient (Wildman–Crippen LogP) is 5.00. The molecule has 0 aliphatic carbocycles. The van der Waals surface area contributed by atoms with Crippen molar-refractivity contribution in [2.45, 2.75) is 45.6 Å². The lowest BCUT2D eigenvalue weighted by atomic mass is 9.94. The molecule has 0 radical (unpaired) electrons. The van der Waals surface area contributed by atoms with E-state index in [-0.39, 0.29) is 11.3 Å². The number of carbonyl (C=O) groups is 2. The van der Waals surface area contributed by atoms with Gasteiger partial charge in [0.05, 0.1) is 11.6 Å². The monoisotopic (exact) mass is 377 g/mol. The predicted molar refractivity (Wildman–Crippen MR) is 111 cm³/mol. The second kappa shape index (κ2) is 8.87. The first-order chi connectivity index (χ1) is 13.5. The number of aliphatic hydroxyl groups excluding tert-OH is 1. The van der Waals surface area contributed by atoms with Crippen molar-refractivity contribution in [2.24, 2.45) is 0 Å². The average molecular weight is 377 g/mol. The molecule has 1 saturated heterocycles. The Balaban J connectivity index is 2.04. The molecule has 3 rings (SSSR count). The Labute approximate surface area is 166 Å². The van der Waals surface area contributed by atoms with Crippen LogP contribution in [-0.2, 0) is 9.59 Å². The van der Waals surface area contributed by atoms with Crippen LogP contribution in [0.2, 0.25) is 0 Å². The lowest BCUT2D eigenvalue weighted by Crippen LogP contribution is -2.30. The number of hydrogen-bond acceptors (Lipinski definition) is 3. The van der Waals surface area contributed by atoms with E-state index >= 15 is 0 Å². The van der Waals surface area contributed by atoms with Crippen molar-refractivity contribution in [2.75, 3.05) is 6.54 Å². The van der Waals surface area contributed by atoms with Crippen LogP contribution in [-0.4, -0.2) is 28.2 Å².